The summed E-state index contributed by atoms with van der Waals surface area (Å²) in [6.07, 6.45) is 5.94. The van der Waals surface area contributed by atoms with Crippen LogP contribution in [0.1, 0.15) is 43.2 Å². The molecule has 1 amide bonds. The lowest BCUT2D eigenvalue weighted by Crippen LogP contribution is -2.50. The molecule has 0 N–H and O–H groups in total. The molecule has 1 saturated carbocycles. The third-order valence-electron chi connectivity index (χ3n) is 6.69. The predicted molar refractivity (Wildman–Crippen MR) is 117 cm³/mol. The van der Waals surface area contributed by atoms with Crippen LogP contribution in [0.2, 0.25) is 0 Å². The van der Waals surface area contributed by atoms with Gasteiger partial charge in [0.25, 0.3) is 0 Å². The van der Waals surface area contributed by atoms with E-state index >= 15 is 0 Å². The number of piperazine rings is 1. The molecule has 4 rings (SSSR count). The van der Waals surface area contributed by atoms with Gasteiger partial charge in [-0.2, -0.15) is 0 Å². The second-order valence-corrected chi connectivity index (χ2v) is 8.44. The van der Waals surface area contributed by atoms with E-state index in [-0.39, 0.29) is 5.92 Å². The molecule has 2 fully saturated rings. The maximum atomic E-state index is 12.8. The minimum Gasteiger partial charge on any atom is -0.368 e. The number of benzene rings is 2. The van der Waals surface area contributed by atoms with E-state index in [1.54, 1.807) is 0 Å². The summed E-state index contributed by atoms with van der Waals surface area (Å²) in [5.41, 5.74) is 6.54. The van der Waals surface area contributed by atoms with E-state index < -0.39 is 0 Å². The lowest BCUT2D eigenvalue weighted by atomic mass is 9.88. The molecule has 2 aromatic carbocycles. The van der Waals surface area contributed by atoms with Crippen molar-refractivity contribution in [1.82, 2.24) is 4.90 Å². The number of anilines is 1. The van der Waals surface area contributed by atoms with Gasteiger partial charge in [-0.1, -0.05) is 49.6 Å². The fourth-order valence-corrected chi connectivity index (χ4v) is 4.71. The number of carbonyl (C=O) groups is 1. The molecule has 2 aliphatic rings. The third-order valence-corrected chi connectivity index (χ3v) is 6.69. The molecule has 0 atom stereocenters. The molecule has 2 aromatic rings. The zero-order chi connectivity index (χ0) is 19.5. The number of hydrogen-bond donors (Lipinski definition) is 0. The van der Waals surface area contributed by atoms with Gasteiger partial charge in [0, 0.05) is 37.8 Å². The Morgan fingerprint density at radius 3 is 2.21 bits per heavy atom. The fraction of sp³-hybridized carbons (Fsp3) is 0.480. The third kappa shape index (κ3) is 3.94. The van der Waals surface area contributed by atoms with E-state index in [2.05, 4.69) is 66.1 Å². The van der Waals surface area contributed by atoms with Crippen LogP contribution in [-0.2, 0) is 4.79 Å². The van der Waals surface area contributed by atoms with E-state index in [0.29, 0.717) is 5.91 Å². The Morgan fingerprint density at radius 2 is 1.54 bits per heavy atom. The van der Waals surface area contributed by atoms with Gasteiger partial charge in [0.2, 0.25) is 5.91 Å². The van der Waals surface area contributed by atoms with E-state index in [1.807, 2.05) is 0 Å². The summed E-state index contributed by atoms with van der Waals surface area (Å²) in [6, 6.07) is 15.4. The molecule has 28 heavy (non-hydrogen) atoms. The van der Waals surface area contributed by atoms with Crippen LogP contribution in [0.5, 0.6) is 0 Å². The molecule has 0 spiro atoms. The molecule has 0 radical (unpaired) electrons. The highest BCUT2D eigenvalue weighted by Crippen LogP contribution is 2.29. The zero-order valence-corrected chi connectivity index (χ0v) is 17.3. The van der Waals surface area contributed by atoms with Gasteiger partial charge in [0.1, 0.15) is 0 Å². The summed E-state index contributed by atoms with van der Waals surface area (Å²) >= 11 is 0. The molecule has 148 valence electrons. The van der Waals surface area contributed by atoms with Gasteiger partial charge in [-0.25, -0.2) is 0 Å². The molecule has 1 aliphatic heterocycles. The first kappa shape index (κ1) is 19.0. The van der Waals surface area contributed by atoms with E-state index in [1.165, 1.54) is 47.2 Å². The molecular weight excluding hydrogens is 344 g/mol. The topological polar surface area (TPSA) is 23.6 Å². The molecule has 3 heteroatoms. The monoisotopic (exact) mass is 376 g/mol. The highest BCUT2D eigenvalue weighted by molar-refractivity contribution is 5.79. The van der Waals surface area contributed by atoms with Gasteiger partial charge in [-0.15, -0.1) is 0 Å². The van der Waals surface area contributed by atoms with Gasteiger partial charge < -0.3 is 9.80 Å². The molecule has 0 bridgehead atoms. The summed E-state index contributed by atoms with van der Waals surface area (Å²) in [5.74, 6) is 0.696. The minimum atomic E-state index is 0.289. The molecule has 0 aromatic heterocycles. The summed E-state index contributed by atoms with van der Waals surface area (Å²) in [4.78, 5) is 17.3. The van der Waals surface area contributed by atoms with Crippen molar-refractivity contribution in [2.45, 2.75) is 46.0 Å². The highest BCUT2D eigenvalue weighted by atomic mass is 16.2. The number of amides is 1. The SMILES string of the molecule is Cc1cccc(-c2ccc(N3CCN(C(=O)C4CCCCC4)CC3)cc2)c1C. The highest BCUT2D eigenvalue weighted by Gasteiger charge is 2.28. The second kappa shape index (κ2) is 8.38. The van der Waals surface area contributed by atoms with Gasteiger partial charge in [0.05, 0.1) is 0 Å². The van der Waals surface area contributed by atoms with Crippen molar-refractivity contribution in [3.63, 3.8) is 0 Å². The number of aryl methyl sites for hydroxylation is 1. The number of nitrogens with zero attached hydrogens (tertiary/aromatic N) is 2. The molecule has 1 heterocycles. The van der Waals surface area contributed by atoms with Crippen LogP contribution in [-0.4, -0.2) is 37.0 Å². The standard InChI is InChI=1S/C25H32N2O/c1-19-7-6-10-24(20(19)2)21-11-13-23(14-12-21)26-15-17-27(18-16-26)25(28)22-8-4-3-5-9-22/h6-7,10-14,22H,3-5,8-9,15-18H2,1-2H3. The van der Waals surface area contributed by atoms with Crippen LogP contribution in [0.3, 0.4) is 0 Å². The first-order chi connectivity index (χ1) is 13.6. The Labute approximate surface area is 169 Å². The Kier molecular flexibility index (Phi) is 5.70. The van der Waals surface area contributed by atoms with Gasteiger partial charge >= 0.3 is 0 Å². The second-order valence-electron chi connectivity index (χ2n) is 8.44. The Morgan fingerprint density at radius 1 is 0.857 bits per heavy atom. The average molecular weight is 377 g/mol. The molecule has 3 nitrogen and oxygen atoms in total. The first-order valence-corrected chi connectivity index (χ1v) is 10.8. The Bertz CT molecular complexity index is 813. The van der Waals surface area contributed by atoms with Crippen LogP contribution in [0.25, 0.3) is 11.1 Å². The average Bonchev–Trinajstić information content (AvgIpc) is 2.76. The van der Waals surface area contributed by atoms with Gasteiger partial charge in [-0.05, 0) is 61.1 Å². The lowest BCUT2D eigenvalue weighted by molar-refractivity contribution is -0.136. The van der Waals surface area contributed by atoms with Gasteiger partial charge in [0.15, 0.2) is 0 Å². The van der Waals surface area contributed by atoms with E-state index in [0.717, 1.165) is 39.0 Å². The van der Waals surface area contributed by atoms with Crippen molar-refractivity contribution in [1.29, 1.82) is 0 Å². The maximum absolute atomic E-state index is 12.8. The minimum absolute atomic E-state index is 0.289. The zero-order valence-electron chi connectivity index (χ0n) is 17.3. The summed E-state index contributed by atoms with van der Waals surface area (Å²) in [7, 11) is 0. The van der Waals surface area contributed by atoms with Crippen LogP contribution in [0, 0.1) is 19.8 Å². The molecule has 0 unspecified atom stereocenters. The van der Waals surface area contributed by atoms with Crippen LogP contribution in [0.4, 0.5) is 5.69 Å². The Balaban J connectivity index is 1.38. The predicted octanol–water partition coefficient (Wildman–Crippen LogP) is 5.20. The van der Waals surface area contributed by atoms with Crippen molar-refractivity contribution in [3.05, 3.63) is 53.6 Å². The van der Waals surface area contributed by atoms with Crippen molar-refractivity contribution in [3.8, 4) is 11.1 Å². The van der Waals surface area contributed by atoms with E-state index in [9.17, 15) is 4.79 Å². The smallest absolute Gasteiger partial charge is 0.225 e. The summed E-state index contributed by atoms with van der Waals surface area (Å²) in [6.45, 7) is 7.94. The first-order valence-electron chi connectivity index (χ1n) is 10.8. The lowest BCUT2D eigenvalue weighted by Gasteiger charge is -2.38. The van der Waals surface area contributed by atoms with Crippen molar-refractivity contribution < 1.29 is 4.79 Å². The largest absolute Gasteiger partial charge is 0.368 e. The van der Waals surface area contributed by atoms with Crippen LogP contribution in [0.15, 0.2) is 42.5 Å². The molecule has 1 aliphatic carbocycles. The van der Waals surface area contributed by atoms with Crippen LogP contribution >= 0.6 is 0 Å². The maximum Gasteiger partial charge on any atom is 0.225 e. The number of hydrogen-bond acceptors (Lipinski definition) is 2. The van der Waals surface area contributed by atoms with Crippen molar-refractivity contribution >= 4 is 11.6 Å². The Hall–Kier alpha value is -2.29. The van der Waals surface area contributed by atoms with Crippen molar-refractivity contribution in [2.75, 3.05) is 31.1 Å². The quantitative estimate of drug-likeness (QED) is 0.735. The molecule has 1 saturated heterocycles. The fourth-order valence-electron chi connectivity index (χ4n) is 4.71. The number of carbonyl (C=O) groups excluding carboxylic acids is 1. The molecular formula is C25H32N2O. The summed E-state index contributed by atoms with van der Waals surface area (Å²) in [5, 5.41) is 0. The van der Waals surface area contributed by atoms with E-state index in [4.69, 9.17) is 0 Å². The van der Waals surface area contributed by atoms with Gasteiger partial charge in [-0.3, -0.25) is 4.79 Å². The normalized spacial score (nSPS) is 18.4. The van der Waals surface area contributed by atoms with Crippen molar-refractivity contribution in [2.24, 2.45) is 5.92 Å². The van der Waals surface area contributed by atoms with Crippen LogP contribution < -0.4 is 4.90 Å². The number of rotatable bonds is 3. The summed E-state index contributed by atoms with van der Waals surface area (Å²) < 4.78 is 0.